The Kier molecular flexibility index (Phi) is 6.73. The Balaban J connectivity index is 1.76. The van der Waals surface area contributed by atoms with Crippen LogP contribution in [0.1, 0.15) is 13.3 Å². The van der Waals surface area contributed by atoms with Crippen molar-refractivity contribution < 1.29 is 18.7 Å². The Hall–Kier alpha value is -2.51. The first-order valence-electron chi connectivity index (χ1n) is 8.79. The maximum Gasteiger partial charge on any atom is 0.251 e. The monoisotopic (exact) mass is 388 g/mol. The highest BCUT2D eigenvalue weighted by Gasteiger charge is 2.09. The zero-order valence-corrected chi connectivity index (χ0v) is 15.9. The molecule has 0 saturated heterocycles. The van der Waals surface area contributed by atoms with E-state index in [9.17, 15) is 9.18 Å². The van der Waals surface area contributed by atoms with Gasteiger partial charge in [0.25, 0.3) is 5.91 Å². The highest BCUT2D eigenvalue weighted by molar-refractivity contribution is 7.16. The van der Waals surface area contributed by atoms with E-state index < -0.39 is 0 Å². The fourth-order valence-electron chi connectivity index (χ4n) is 2.58. The highest BCUT2D eigenvalue weighted by atomic mass is 32.1. The van der Waals surface area contributed by atoms with Crippen LogP contribution >= 0.6 is 11.3 Å². The molecule has 0 N–H and O–H groups in total. The van der Waals surface area contributed by atoms with Crippen molar-refractivity contribution in [1.29, 1.82) is 0 Å². The Labute approximate surface area is 160 Å². The van der Waals surface area contributed by atoms with E-state index in [0.717, 1.165) is 16.0 Å². The van der Waals surface area contributed by atoms with Crippen LogP contribution in [0.3, 0.4) is 0 Å². The number of carbonyl (C=O) groups excluding carboxylic acids is 1. The van der Waals surface area contributed by atoms with E-state index in [4.69, 9.17) is 9.47 Å². The summed E-state index contributed by atoms with van der Waals surface area (Å²) in [5, 5.41) is 0. The molecule has 0 aliphatic heterocycles. The van der Waals surface area contributed by atoms with E-state index in [-0.39, 0.29) is 24.8 Å². The van der Waals surface area contributed by atoms with Gasteiger partial charge in [-0.25, -0.2) is 4.39 Å². The van der Waals surface area contributed by atoms with E-state index in [1.165, 1.54) is 23.5 Å². The zero-order chi connectivity index (χ0) is 19.1. The van der Waals surface area contributed by atoms with E-state index in [2.05, 4.69) is 4.99 Å². The van der Waals surface area contributed by atoms with Crippen molar-refractivity contribution in [2.45, 2.75) is 19.9 Å². The Morgan fingerprint density at radius 1 is 1.19 bits per heavy atom. The third-order valence-electron chi connectivity index (χ3n) is 3.86. The zero-order valence-electron chi connectivity index (χ0n) is 15.1. The van der Waals surface area contributed by atoms with Gasteiger partial charge in [0.1, 0.15) is 11.6 Å². The Bertz CT molecular complexity index is 966. The van der Waals surface area contributed by atoms with Crippen molar-refractivity contribution in [3.63, 3.8) is 0 Å². The molecule has 1 amide bonds. The molecule has 0 unspecified atom stereocenters. The number of nitrogens with zero attached hydrogens (tertiary/aromatic N) is 2. The van der Waals surface area contributed by atoms with Crippen LogP contribution in [0.5, 0.6) is 5.75 Å². The summed E-state index contributed by atoms with van der Waals surface area (Å²) < 4.78 is 27.1. The molecule has 142 valence electrons. The summed E-state index contributed by atoms with van der Waals surface area (Å²) in [4.78, 5) is 17.0. The van der Waals surface area contributed by atoms with Crippen molar-refractivity contribution in [1.82, 2.24) is 4.57 Å². The quantitative estimate of drug-likeness (QED) is 0.552. The lowest BCUT2D eigenvalue weighted by Crippen LogP contribution is -2.20. The molecule has 0 atom stereocenters. The predicted octanol–water partition coefficient (Wildman–Crippen LogP) is 3.77. The molecule has 1 heterocycles. The van der Waals surface area contributed by atoms with Crippen molar-refractivity contribution in [3.8, 4) is 5.75 Å². The molecule has 7 heteroatoms. The number of hydrogen-bond acceptors (Lipinski definition) is 4. The van der Waals surface area contributed by atoms with Crippen LogP contribution in [0.2, 0.25) is 0 Å². The topological polar surface area (TPSA) is 52.8 Å². The van der Waals surface area contributed by atoms with Gasteiger partial charge in [-0.05, 0) is 37.3 Å². The standard InChI is InChI=1S/C20H21FN2O3S/c1-2-25-13-11-23-17-9-8-15(21)14-18(17)27-20(23)22-19(24)10-12-26-16-6-4-3-5-7-16/h3-9,14H,2,10-13H2,1H3. The van der Waals surface area contributed by atoms with Gasteiger partial charge in [0.05, 0.1) is 29.9 Å². The number of fused-ring (bicyclic) bond motifs is 1. The van der Waals surface area contributed by atoms with Crippen molar-refractivity contribution in [2.24, 2.45) is 4.99 Å². The molecule has 0 fully saturated rings. The number of ether oxygens (including phenoxy) is 2. The second-order valence-electron chi connectivity index (χ2n) is 5.76. The molecule has 0 aliphatic carbocycles. The second-order valence-corrected chi connectivity index (χ2v) is 6.77. The molecule has 5 nitrogen and oxygen atoms in total. The van der Waals surface area contributed by atoms with E-state index >= 15 is 0 Å². The number of benzene rings is 2. The van der Waals surface area contributed by atoms with Gasteiger partial charge in [0.15, 0.2) is 4.80 Å². The Morgan fingerprint density at radius 3 is 2.78 bits per heavy atom. The first kappa shape index (κ1) is 19.3. The van der Waals surface area contributed by atoms with Crippen LogP contribution < -0.4 is 9.54 Å². The van der Waals surface area contributed by atoms with Crippen molar-refractivity contribution in [3.05, 3.63) is 59.1 Å². The number of amides is 1. The summed E-state index contributed by atoms with van der Waals surface area (Å²) in [6, 6.07) is 13.9. The van der Waals surface area contributed by atoms with Crippen molar-refractivity contribution in [2.75, 3.05) is 19.8 Å². The average molecular weight is 388 g/mol. The molecule has 0 spiro atoms. The van der Waals surface area contributed by atoms with Crippen LogP contribution in [0.4, 0.5) is 4.39 Å². The Morgan fingerprint density at radius 2 is 2.00 bits per heavy atom. The molecule has 0 saturated carbocycles. The normalized spacial score (nSPS) is 11.9. The lowest BCUT2D eigenvalue weighted by atomic mass is 10.3. The molecular formula is C20H21FN2O3S. The fourth-order valence-corrected chi connectivity index (χ4v) is 3.68. The molecule has 3 rings (SSSR count). The molecule has 0 aliphatic rings. The van der Waals surface area contributed by atoms with Crippen LogP contribution in [0.15, 0.2) is 53.5 Å². The minimum atomic E-state index is -0.310. The fraction of sp³-hybridized carbons (Fsp3) is 0.300. The second kappa shape index (κ2) is 9.43. The average Bonchev–Trinajstić information content (AvgIpc) is 2.99. The summed E-state index contributed by atoms with van der Waals surface area (Å²) in [5.41, 5.74) is 0.841. The third kappa shape index (κ3) is 5.24. The SMILES string of the molecule is CCOCCn1c(=NC(=O)CCOc2ccccc2)sc2cc(F)ccc21. The summed E-state index contributed by atoms with van der Waals surface area (Å²) in [5.74, 6) is 0.132. The smallest absolute Gasteiger partial charge is 0.251 e. The number of para-hydroxylation sites is 1. The molecule has 2 aromatic carbocycles. The van der Waals surface area contributed by atoms with Crippen LogP contribution in [-0.4, -0.2) is 30.3 Å². The van der Waals surface area contributed by atoms with Gasteiger partial charge < -0.3 is 14.0 Å². The molecule has 3 aromatic rings. The van der Waals surface area contributed by atoms with Gasteiger partial charge >= 0.3 is 0 Å². The number of carbonyl (C=O) groups is 1. The van der Waals surface area contributed by atoms with Crippen molar-refractivity contribution >= 4 is 27.5 Å². The van der Waals surface area contributed by atoms with E-state index in [1.54, 1.807) is 6.07 Å². The van der Waals surface area contributed by atoms with Crippen LogP contribution in [-0.2, 0) is 16.1 Å². The number of halogens is 1. The predicted molar refractivity (Wildman–Crippen MR) is 103 cm³/mol. The summed E-state index contributed by atoms with van der Waals surface area (Å²) in [6.45, 7) is 3.84. The number of hydrogen-bond donors (Lipinski definition) is 0. The summed E-state index contributed by atoms with van der Waals surface area (Å²) in [6.07, 6.45) is 0.170. The first-order chi connectivity index (χ1) is 13.2. The first-order valence-corrected chi connectivity index (χ1v) is 9.61. The third-order valence-corrected chi connectivity index (χ3v) is 4.90. The minimum Gasteiger partial charge on any atom is -0.493 e. The van der Waals surface area contributed by atoms with Gasteiger partial charge in [-0.15, -0.1) is 0 Å². The molecule has 27 heavy (non-hydrogen) atoms. The number of aromatic nitrogens is 1. The summed E-state index contributed by atoms with van der Waals surface area (Å²) >= 11 is 1.29. The molecule has 0 radical (unpaired) electrons. The van der Waals surface area contributed by atoms with Crippen LogP contribution in [0, 0.1) is 5.82 Å². The van der Waals surface area contributed by atoms with Crippen LogP contribution in [0.25, 0.3) is 10.2 Å². The van der Waals surface area contributed by atoms with E-state index in [1.807, 2.05) is 41.8 Å². The lowest BCUT2D eigenvalue weighted by Gasteiger charge is -2.05. The largest absolute Gasteiger partial charge is 0.493 e. The van der Waals surface area contributed by atoms with Gasteiger partial charge in [-0.1, -0.05) is 29.5 Å². The number of rotatable bonds is 8. The minimum absolute atomic E-state index is 0.170. The van der Waals surface area contributed by atoms with Gasteiger partial charge in [0.2, 0.25) is 0 Å². The van der Waals surface area contributed by atoms with Gasteiger partial charge in [0, 0.05) is 13.2 Å². The maximum atomic E-state index is 13.5. The molecular weight excluding hydrogens is 367 g/mol. The van der Waals surface area contributed by atoms with E-state index in [0.29, 0.717) is 24.6 Å². The number of thiazole rings is 1. The highest BCUT2D eigenvalue weighted by Crippen LogP contribution is 2.18. The van der Waals surface area contributed by atoms with Gasteiger partial charge in [-0.2, -0.15) is 4.99 Å². The molecule has 0 bridgehead atoms. The molecule has 1 aromatic heterocycles. The van der Waals surface area contributed by atoms with Gasteiger partial charge in [-0.3, -0.25) is 4.79 Å². The maximum absolute atomic E-state index is 13.5. The summed E-state index contributed by atoms with van der Waals surface area (Å²) in [7, 11) is 0. The lowest BCUT2D eigenvalue weighted by molar-refractivity contribution is -0.118.